The van der Waals surface area contributed by atoms with E-state index < -0.39 is 0 Å². The number of carbonyl (C=O) groups excluding carboxylic acids is 1. The van der Waals surface area contributed by atoms with Gasteiger partial charge in [0.05, 0.1) is 6.54 Å². The molecule has 2 aliphatic rings. The third-order valence-electron chi connectivity index (χ3n) is 4.26. The molecule has 1 unspecified atom stereocenters. The lowest BCUT2D eigenvalue weighted by Crippen LogP contribution is -2.53. The standard InChI is InChI=1S/C15H21N3O.ClH/c1-11-8-18(10-14(19)17(11)2)9-13-5-3-4-12-6-7-16-15(12)13;/h3-5,11,16H,6-10H2,1-2H3;1H. The molecule has 4 nitrogen and oxygen atoms in total. The molecule has 0 bridgehead atoms. The Labute approximate surface area is 126 Å². The zero-order valence-electron chi connectivity index (χ0n) is 12.1. The van der Waals surface area contributed by atoms with E-state index in [1.165, 1.54) is 16.8 Å². The highest BCUT2D eigenvalue weighted by Crippen LogP contribution is 2.27. The maximum atomic E-state index is 11.9. The lowest BCUT2D eigenvalue weighted by Gasteiger charge is -2.37. The summed E-state index contributed by atoms with van der Waals surface area (Å²) in [5.74, 6) is 0.222. The molecule has 1 saturated heterocycles. The minimum Gasteiger partial charge on any atom is -0.384 e. The van der Waals surface area contributed by atoms with Gasteiger partial charge in [0.15, 0.2) is 0 Å². The second-order valence-electron chi connectivity index (χ2n) is 5.65. The molecule has 1 aromatic rings. The van der Waals surface area contributed by atoms with Crippen LogP contribution in [-0.4, -0.2) is 48.4 Å². The summed E-state index contributed by atoms with van der Waals surface area (Å²) < 4.78 is 0. The highest BCUT2D eigenvalue weighted by atomic mass is 35.5. The predicted molar refractivity (Wildman–Crippen MR) is 83.4 cm³/mol. The summed E-state index contributed by atoms with van der Waals surface area (Å²) in [7, 11) is 1.89. The van der Waals surface area contributed by atoms with E-state index >= 15 is 0 Å². The van der Waals surface area contributed by atoms with Crippen molar-refractivity contribution in [1.29, 1.82) is 0 Å². The molecule has 0 aromatic heterocycles. The summed E-state index contributed by atoms with van der Waals surface area (Å²) in [5, 5.41) is 3.47. The van der Waals surface area contributed by atoms with E-state index in [0.717, 1.165) is 26.1 Å². The summed E-state index contributed by atoms with van der Waals surface area (Å²) in [6.07, 6.45) is 1.11. The number of nitrogens with one attached hydrogen (secondary N) is 1. The Balaban J connectivity index is 0.00000147. The summed E-state index contributed by atoms with van der Waals surface area (Å²) >= 11 is 0. The van der Waals surface area contributed by atoms with Crippen molar-refractivity contribution in [1.82, 2.24) is 9.80 Å². The Morgan fingerprint density at radius 2 is 2.20 bits per heavy atom. The molecule has 110 valence electrons. The van der Waals surface area contributed by atoms with Crippen LogP contribution in [0.2, 0.25) is 0 Å². The second kappa shape index (κ2) is 6.02. The fourth-order valence-corrected chi connectivity index (χ4v) is 3.01. The predicted octanol–water partition coefficient (Wildman–Crippen LogP) is 1.74. The molecule has 1 fully saturated rings. The van der Waals surface area contributed by atoms with Crippen LogP contribution >= 0.6 is 12.4 Å². The van der Waals surface area contributed by atoms with Crippen LogP contribution in [0.1, 0.15) is 18.1 Å². The number of amides is 1. The quantitative estimate of drug-likeness (QED) is 0.903. The first-order valence-electron chi connectivity index (χ1n) is 6.98. The number of likely N-dealkylation sites (N-methyl/N-ethyl adjacent to an activating group) is 1. The number of rotatable bonds is 2. The fraction of sp³-hybridized carbons (Fsp3) is 0.533. The number of halogens is 1. The molecule has 1 atom stereocenters. The summed E-state index contributed by atoms with van der Waals surface area (Å²) in [6.45, 7) is 5.48. The first-order chi connectivity index (χ1) is 9.15. The van der Waals surface area contributed by atoms with Crippen molar-refractivity contribution in [2.75, 3.05) is 32.0 Å². The Bertz CT molecular complexity index is 506. The van der Waals surface area contributed by atoms with Crippen molar-refractivity contribution in [3.05, 3.63) is 29.3 Å². The van der Waals surface area contributed by atoms with Crippen LogP contribution in [0, 0.1) is 0 Å². The van der Waals surface area contributed by atoms with Gasteiger partial charge in [-0.3, -0.25) is 9.69 Å². The average molecular weight is 296 g/mol. The molecule has 5 heteroatoms. The van der Waals surface area contributed by atoms with Crippen molar-refractivity contribution >= 4 is 24.0 Å². The fourth-order valence-electron chi connectivity index (χ4n) is 3.01. The number of fused-ring (bicyclic) bond motifs is 1. The van der Waals surface area contributed by atoms with Crippen LogP contribution in [0.15, 0.2) is 18.2 Å². The van der Waals surface area contributed by atoms with Crippen molar-refractivity contribution in [2.45, 2.75) is 25.9 Å². The van der Waals surface area contributed by atoms with Crippen LogP contribution in [-0.2, 0) is 17.8 Å². The van der Waals surface area contributed by atoms with Crippen molar-refractivity contribution in [2.24, 2.45) is 0 Å². The Morgan fingerprint density at radius 1 is 1.40 bits per heavy atom. The number of hydrogen-bond acceptors (Lipinski definition) is 3. The second-order valence-corrected chi connectivity index (χ2v) is 5.65. The van der Waals surface area contributed by atoms with Gasteiger partial charge < -0.3 is 10.2 Å². The normalized spacial score (nSPS) is 22.2. The largest absolute Gasteiger partial charge is 0.384 e. The van der Waals surface area contributed by atoms with E-state index in [4.69, 9.17) is 0 Å². The van der Waals surface area contributed by atoms with Gasteiger partial charge in [0, 0.05) is 38.4 Å². The number of anilines is 1. The topological polar surface area (TPSA) is 35.6 Å². The smallest absolute Gasteiger partial charge is 0.236 e. The first kappa shape index (κ1) is 15.1. The van der Waals surface area contributed by atoms with Gasteiger partial charge in [0.2, 0.25) is 5.91 Å². The SMILES string of the molecule is CC1CN(Cc2cccc3c2NCC3)CC(=O)N1C.Cl. The summed E-state index contributed by atoms with van der Waals surface area (Å²) in [6, 6.07) is 6.79. The average Bonchev–Trinajstić information content (AvgIpc) is 2.85. The summed E-state index contributed by atoms with van der Waals surface area (Å²) in [4.78, 5) is 16.0. The van der Waals surface area contributed by atoms with Gasteiger partial charge in [-0.25, -0.2) is 0 Å². The molecule has 0 radical (unpaired) electrons. The van der Waals surface area contributed by atoms with E-state index in [0.29, 0.717) is 12.6 Å². The molecule has 1 N–H and O–H groups in total. The number of para-hydroxylation sites is 1. The molecular formula is C15H22ClN3O. The zero-order chi connectivity index (χ0) is 13.4. The van der Waals surface area contributed by atoms with Gasteiger partial charge in [-0.1, -0.05) is 18.2 Å². The third kappa shape index (κ3) is 2.76. The van der Waals surface area contributed by atoms with Gasteiger partial charge in [-0.05, 0) is 24.5 Å². The van der Waals surface area contributed by atoms with Crippen molar-refractivity contribution in [3.63, 3.8) is 0 Å². The maximum absolute atomic E-state index is 11.9. The van der Waals surface area contributed by atoms with Gasteiger partial charge >= 0.3 is 0 Å². The van der Waals surface area contributed by atoms with E-state index in [2.05, 4.69) is 35.3 Å². The molecule has 0 saturated carbocycles. The molecular weight excluding hydrogens is 274 g/mol. The minimum atomic E-state index is 0. The minimum absolute atomic E-state index is 0. The van der Waals surface area contributed by atoms with Crippen LogP contribution < -0.4 is 5.32 Å². The van der Waals surface area contributed by atoms with E-state index in [-0.39, 0.29) is 18.3 Å². The highest BCUT2D eigenvalue weighted by molar-refractivity contribution is 5.85. The molecule has 0 aliphatic carbocycles. The number of piperazine rings is 1. The number of carbonyl (C=O) groups is 1. The number of nitrogens with zero attached hydrogens (tertiary/aromatic N) is 2. The zero-order valence-corrected chi connectivity index (χ0v) is 12.9. The van der Waals surface area contributed by atoms with E-state index in [1.54, 1.807) is 0 Å². The Hall–Kier alpha value is -1.26. The van der Waals surface area contributed by atoms with Gasteiger partial charge in [-0.15, -0.1) is 12.4 Å². The van der Waals surface area contributed by atoms with Crippen LogP contribution in [0.5, 0.6) is 0 Å². The summed E-state index contributed by atoms with van der Waals surface area (Å²) in [5.41, 5.74) is 4.02. The molecule has 1 amide bonds. The molecule has 2 heterocycles. The van der Waals surface area contributed by atoms with E-state index in [9.17, 15) is 4.79 Å². The Kier molecular flexibility index (Phi) is 4.55. The van der Waals surface area contributed by atoms with Crippen LogP contribution in [0.3, 0.4) is 0 Å². The molecule has 20 heavy (non-hydrogen) atoms. The first-order valence-corrected chi connectivity index (χ1v) is 6.98. The van der Waals surface area contributed by atoms with E-state index in [1.807, 2.05) is 11.9 Å². The number of benzene rings is 1. The van der Waals surface area contributed by atoms with Crippen molar-refractivity contribution in [3.8, 4) is 0 Å². The highest BCUT2D eigenvalue weighted by Gasteiger charge is 2.27. The number of hydrogen-bond donors (Lipinski definition) is 1. The van der Waals surface area contributed by atoms with Gasteiger partial charge in [0.25, 0.3) is 0 Å². The maximum Gasteiger partial charge on any atom is 0.236 e. The Morgan fingerprint density at radius 3 is 2.95 bits per heavy atom. The van der Waals surface area contributed by atoms with Gasteiger partial charge in [-0.2, -0.15) is 0 Å². The van der Waals surface area contributed by atoms with Gasteiger partial charge in [0.1, 0.15) is 0 Å². The van der Waals surface area contributed by atoms with Crippen LogP contribution in [0.4, 0.5) is 5.69 Å². The molecule has 3 rings (SSSR count). The molecule has 1 aromatic carbocycles. The molecule has 0 spiro atoms. The van der Waals surface area contributed by atoms with Crippen LogP contribution in [0.25, 0.3) is 0 Å². The lowest BCUT2D eigenvalue weighted by molar-refractivity contribution is -0.137. The lowest BCUT2D eigenvalue weighted by atomic mass is 10.1. The third-order valence-corrected chi connectivity index (χ3v) is 4.26. The van der Waals surface area contributed by atoms with Crippen molar-refractivity contribution < 1.29 is 4.79 Å². The monoisotopic (exact) mass is 295 g/mol. The molecule has 2 aliphatic heterocycles.